The van der Waals surface area contributed by atoms with Gasteiger partial charge in [-0.1, -0.05) is 13.8 Å². The summed E-state index contributed by atoms with van der Waals surface area (Å²) in [6.07, 6.45) is -0.201. The molecule has 0 aromatic carbocycles. The summed E-state index contributed by atoms with van der Waals surface area (Å²) in [6.45, 7) is 3.14. The van der Waals surface area contributed by atoms with Gasteiger partial charge in [0.25, 0.3) is 0 Å². The van der Waals surface area contributed by atoms with Crippen molar-refractivity contribution in [2.24, 2.45) is 5.41 Å². The van der Waals surface area contributed by atoms with E-state index >= 15 is 0 Å². The molecule has 18 heavy (non-hydrogen) atoms. The van der Waals surface area contributed by atoms with E-state index in [9.17, 15) is 22.8 Å². The lowest BCUT2D eigenvalue weighted by Gasteiger charge is -2.21. The Bertz CT molecular complexity index is 305. The summed E-state index contributed by atoms with van der Waals surface area (Å²) in [7, 11) is 0. The van der Waals surface area contributed by atoms with Gasteiger partial charge in [0.2, 0.25) is 5.91 Å². The van der Waals surface area contributed by atoms with Gasteiger partial charge in [-0.3, -0.25) is 9.59 Å². The summed E-state index contributed by atoms with van der Waals surface area (Å²) in [5, 5.41) is 10.9. The van der Waals surface area contributed by atoms with Crippen LogP contribution in [0.15, 0.2) is 0 Å². The lowest BCUT2D eigenvalue weighted by Crippen LogP contribution is -2.31. The molecule has 4 nitrogen and oxygen atoms in total. The molecule has 0 spiro atoms. The van der Waals surface area contributed by atoms with Gasteiger partial charge in [0.05, 0.1) is 6.42 Å². The topological polar surface area (TPSA) is 66.4 Å². The Hall–Kier alpha value is -0.920. The number of aliphatic carboxylic acids is 1. The van der Waals surface area contributed by atoms with Crippen molar-refractivity contribution in [3.63, 3.8) is 0 Å². The Morgan fingerprint density at radius 2 is 1.78 bits per heavy atom. The zero-order chi connectivity index (χ0) is 14.4. The minimum Gasteiger partial charge on any atom is -0.481 e. The minimum atomic E-state index is -4.30. The normalized spacial score (nSPS) is 12.3. The fourth-order valence-electron chi connectivity index (χ4n) is 1.33. The molecule has 0 aliphatic carbocycles. The molecule has 0 aromatic rings. The average molecular weight is 287 g/mol. The zero-order valence-electron chi connectivity index (χ0n) is 10.1. The highest BCUT2D eigenvalue weighted by atomic mass is 32.2. The first-order chi connectivity index (χ1) is 8.02. The number of hydrogen-bond donors (Lipinski definition) is 2. The number of carbonyl (C=O) groups excluding carboxylic acids is 1. The van der Waals surface area contributed by atoms with Crippen LogP contribution >= 0.6 is 11.8 Å². The molecule has 0 unspecified atom stereocenters. The smallest absolute Gasteiger partial charge is 0.441 e. The predicted molar refractivity (Wildman–Crippen MR) is 62.2 cm³/mol. The fourth-order valence-corrected chi connectivity index (χ4v) is 1.76. The molecule has 106 valence electrons. The Labute approximate surface area is 107 Å². The minimum absolute atomic E-state index is 0.0318. The lowest BCUT2D eigenvalue weighted by molar-refractivity contribution is -0.139. The Morgan fingerprint density at radius 1 is 1.22 bits per heavy atom. The number of amides is 1. The van der Waals surface area contributed by atoms with Gasteiger partial charge in [0, 0.05) is 18.7 Å². The molecule has 1 amide bonds. The molecule has 0 aliphatic heterocycles. The van der Waals surface area contributed by atoms with Crippen LogP contribution in [0.2, 0.25) is 0 Å². The zero-order valence-corrected chi connectivity index (χ0v) is 11.0. The largest absolute Gasteiger partial charge is 0.481 e. The molecule has 0 rings (SSSR count). The summed E-state index contributed by atoms with van der Waals surface area (Å²) in [5.41, 5.74) is -5.01. The lowest BCUT2D eigenvalue weighted by atomic mass is 9.85. The van der Waals surface area contributed by atoms with Gasteiger partial charge in [-0.15, -0.1) is 0 Å². The molecule has 0 radical (unpaired) electrons. The van der Waals surface area contributed by atoms with Gasteiger partial charge in [-0.05, 0) is 17.2 Å². The first kappa shape index (κ1) is 17.1. The number of rotatable bonds is 7. The molecule has 0 saturated heterocycles. The van der Waals surface area contributed by atoms with E-state index in [1.54, 1.807) is 13.8 Å². The van der Waals surface area contributed by atoms with E-state index in [0.717, 1.165) is 0 Å². The van der Waals surface area contributed by atoms with Crippen LogP contribution in [0, 0.1) is 5.41 Å². The molecule has 0 bridgehead atoms. The maximum atomic E-state index is 11.8. The van der Waals surface area contributed by atoms with Gasteiger partial charge in [-0.25, -0.2) is 0 Å². The molecular weight excluding hydrogens is 271 g/mol. The second kappa shape index (κ2) is 6.86. The van der Waals surface area contributed by atoms with Gasteiger partial charge in [0.15, 0.2) is 0 Å². The number of carboxylic acids is 1. The Kier molecular flexibility index (Phi) is 6.51. The first-order valence-electron chi connectivity index (χ1n) is 5.21. The number of hydrogen-bond acceptors (Lipinski definition) is 3. The summed E-state index contributed by atoms with van der Waals surface area (Å²) in [5.74, 6) is -1.71. The molecular formula is C10H16F3NO3S. The SMILES string of the molecule is CC(C)(CC(=O)O)CC(=O)NCCSC(F)(F)F. The molecule has 2 N–H and O–H groups in total. The Balaban J connectivity index is 3.87. The first-order valence-corrected chi connectivity index (χ1v) is 6.19. The third-order valence-electron chi connectivity index (χ3n) is 1.96. The third-order valence-corrected chi connectivity index (χ3v) is 2.69. The Morgan fingerprint density at radius 3 is 2.22 bits per heavy atom. The van der Waals surface area contributed by atoms with Crippen molar-refractivity contribution < 1.29 is 27.9 Å². The number of carbonyl (C=O) groups is 2. The molecule has 0 heterocycles. The third kappa shape index (κ3) is 10.2. The van der Waals surface area contributed by atoms with Crippen LogP contribution in [0.25, 0.3) is 0 Å². The number of carboxylic acid groups (broad SMARTS) is 1. The van der Waals surface area contributed by atoms with Crippen LogP contribution in [0.1, 0.15) is 26.7 Å². The van der Waals surface area contributed by atoms with Crippen molar-refractivity contribution in [1.82, 2.24) is 5.32 Å². The molecule has 0 aliphatic rings. The highest BCUT2D eigenvalue weighted by Crippen LogP contribution is 2.29. The van der Waals surface area contributed by atoms with Crippen LogP contribution in [0.5, 0.6) is 0 Å². The van der Waals surface area contributed by atoms with E-state index < -0.39 is 22.8 Å². The summed E-state index contributed by atoms with van der Waals surface area (Å²) in [6, 6.07) is 0. The van der Waals surface area contributed by atoms with Crippen molar-refractivity contribution >= 4 is 23.6 Å². The monoisotopic (exact) mass is 287 g/mol. The van der Waals surface area contributed by atoms with Gasteiger partial charge >= 0.3 is 11.5 Å². The van der Waals surface area contributed by atoms with E-state index in [0.29, 0.717) is 0 Å². The molecule has 0 saturated carbocycles. The van der Waals surface area contributed by atoms with Crippen molar-refractivity contribution in [3.05, 3.63) is 0 Å². The summed E-state index contributed by atoms with van der Waals surface area (Å²) < 4.78 is 35.3. The van der Waals surface area contributed by atoms with Crippen molar-refractivity contribution in [1.29, 1.82) is 0 Å². The van der Waals surface area contributed by atoms with E-state index in [4.69, 9.17) is 5.11 Å². The molecule has 0 atom stereocenters. The van der Waals surface area contributed by atoms with Crippen LogP contribution in [0.3, 0.4) is 0 Å². The van der Waals surface area contributed by atoms with E-state index in [-0.39, 0.29) is 36.9 Å². The van der Waals surface area contributed by atoms with Crippen LogP contribution in [-0.2, 0) is 9.59 Å². The van der Waals surface area contributed by atoms with Crippen LogP contribution in [0.4, 0.5) is 13.2 Å². The molecule has 0 fully saturated rings. The van der Waals surface area contributed by atoms with Crippen LogP contribution in [-0.4, -0.2) is 34.8 Å². The summed E-state index contributed by atoms with van der Waals surface area (Å²) >= 11 is -0.205. The van der Waals surface area contributed by atoms with Gasteiger partial charge < -0.3 is 10.4 Å². The number of halogens is 3. The summed E-state index contributed by atoms with van der Waals surface area (Å²) in [4.78, 5) is 21.9. The van der Waals surface area contributed by atoms with Gasteiger partial charge in [-0.2, -0.15) is 13.2 Å². The molecule has 8 heteroatoms. The standard InChI is InChI=1S/C10H16F3NO3S/c1-9(2,6-8(16)17)5-7(15)14-3-4-18-10(11,12)13/h3-6H2,1-2H3,(H,14,15)(H,16,17). The molecule has 0 aromatic heterocycles. The highest BCUT2D eigenvalue weighted by molar-refractivity contribution is 8.00. The van der Waals surface area contributed by atoms with E-state index in [1.165, 1.54) is 0 Å². The number of thioether (sulfide) groups is 1. The average Bonchev–Trinajstić information content (AvgIpc) is 2.07. The van der Waals surface area contributed by atoms with Crippen LogP contribution < -0.4 is 5.32 Å². The quantitative estimate of drug-likeness (QED) is 0.705. The van der Waals surface area contributed by atoms with E-state index in [2.05, 4.69) is 5.32 Å². The highest BCUT2D eigenvalue weighted by Gasteiger charge is 2.28. The van der Waals surface area contributed by atoms with Gasteiger partial charge in [0.1, 0.15) is 0 Å². The fraction of sp³-hybridized carbons (Fsp3) is 0.800. The second-order valence-corrected chi connectivity index (χ2v) is 5.72. The second-order valence-electron chi connectivity index (χ2n) is 4.56. The number of alkyl halides is 3. The maximum absolute atomic E-state index is 11.8. The van der Waals surface area contributed by atoms with Crippen molar-refractivity contribution in [2.45, 2.75) is 32.2 Å². The van der Waals surface area contributed by atoms with E-state index in [1.807, 2.05) is 0 Å². The number of nitrogens with one attached hydrogen (secondary N) is 1. The van der Waals surface area contributed by atoms with Crippen molar-refractivity contribution in [2.75, 3.05) is 12.3 Å². The maximum Gasteiger partial charge on any atom is 0.441 e. The predicted octanol–water partition coefficient (Wildman–Crippen LogP) is 2.25. The van der Waals surface area contributed by atoms with Crippen molar-refractivity contribution in [3.8, 4) is 0 Å².